The summed E-state index contributed by atoms with van der Waals surface area (Å²) in [6.45, 7) is 1.15. The molecule has 8 heteroatoms. The van der Waals surface area contributed by atoms with Gasteiger partial charge >= 0.3 is 0 Å². The lowest BCUT2D eigenvalue weighted by molar-refractivity contribution is -0.119. The van der Waals surface area contributed by atoms with Gasteiger partial charge in [0.1, 0.15) is 17.3 Å². The zero-order valence-corrected chi connectivity index (χ0v) is 16.3. The molecule has 1 saturated heterocycles. The zero-order valence-electron chi connectivity index (χ0n) is 16.3. The van der Waals surface area contributed by atoms with E-state index in [9.17, 15) is 10.1 Å². The number of aryl methyl sites for hydroxylation is 1. The Morgan fingerprint density at radius 3 is 2.97 bits per heavy atom. The summed E-state index contributed by atoms with van der Waals surface area (Å²) < 4.78 is 13.1. The van der Waals surface area contributed by atoms with Crippen LogP contribution in [0.2, 0.25) is 0 Å². The van der Waals surface area contributed by atoms with Gasteiger partial charge in [0.15, 0.2) is 0 Å². The second-order valence-corrected chi connectivity index (χ2v) is 7.07. The number of nitrogens with zero attached hydrogens (tertiary/aromatic N) is 4. The Balaban J connectivity index is 1.64. The van der Waals surface area contributed by atoms with E-state index >= 15 is 0 Å². The van der Waals surface area contributed by atoms with E-state index in [2.05, 4.69) is 16.4 Å². The highest BCUT2D eigenvalue weighted by Gasteiger charge is 2.21. The van der Waals surface area contributed by atoms with Crippen molar-refractivity contribution in [1.82, 2.24) is 19.9 Å². The lowest BCUT2D eigenvalue weighted by atomic mass is 10.1. The van der Waals surface area contributed by atoms with Crippen LogP contribution < -0.4 is 14.8 Å². The van der Waals surface area contributed by atoms with Gasteiger partial charge in [-0.2, -0.15) is 5.26 Å². The molecule has 1 aliphatic heterocycles. The molecular formula is C21H21N5O3. The highest BCUT2D eigenvalue weighted by atomic mass is 16.5. The van der Waals surface area contributed by atoms with Gasteiger partial charge in [-0.15, -0.1) is 0 Å². The summed E-state index contributed by atoms with van der Waals surface area (Å²) in [4.78, 5) is 20.5. The van der Waals surface area contributed by atoms with Crippen LogP contribution in [0, 0.1) is 17.2 Å². The highest BCUT2D eigenvalue weighted by molar-refractivity contribution is 5.84. The Hall–Kier alpha value is -3.60. The molecule has 1 amide bonds. The van der Waals surface area contributed by atoms with Crippen molar-refractivity contribution in [3.05, 3.63) is 36.2 Å². The first-order chi connectivity index (χ1) is 14.1. The van der Waals surface area contributed by atoms with Gasteiger partial charge in [0.25, 0.3) is 0 Å². The fraction of sp³-hybridized carbons (Fsp3) is 0.333. The van der Waals surface area contributed by atoms with Crippen LogP contribution in [0.3, 0.4) is 0 Å². The van der Waals surface area contributed by atoms with Crippen LogP contribution in [0.1, 0.15) is 18.4 Å². The molecule has 3 heterocycles. The summed E-state index contributed by atoms with van der Waals surface area (Å²) in [5, 5.41) is 12.2. The van der Waals surface area contributed by atoms with E-state index in [0.717, 1.165) is 23.0 Å². The van der Waals surface area contributed by atoms with E-state index in [1.807, 2.05) is 23.7 Å². The highest BCUT2D eigenvalue weighted by Crippen LogP contribution is 2.31. The average Bonchev–Trinajstić information content (AvgIpc) is 3.32. The van der Waals surface area contributed by atoms with Gasteiger partial charge in [-0.05, 0) is 36.6 Å². The van der Waals surface area contributed by atoms with E-state index < -0.39 is 0 Å². The zero-order chi connectivity index (χ0) is 20.4. The predicted octanol–water partition coefficient (Wildman–Crippen LogP) is 2.42. The Morgan fingerprint density at radius 2 is 2.24 bits per heavy atom. The van der Waals surface area contributed by atoms with Crippen molar-refractivity contribution < 1.29 is 14.3 Å². The molecule has 1 fully saturated rings. The minimum atomic E-state index is 0.0944. The third kappa shape index (κ3) is 3.72. The first kappa shape index (κ1) is 18.7. The number of benzene rings is 1. The van der Waals surface area contributed by atoms with Crippen molar-refractivity contribution in [2.24, 2.45) is 13.0 Å². The lowest BCUT2D eigenvalue weighted by Crippen LogP contribution is -2.14. The molecule has 1 aliphatic rings. The van der Waals surface area contributed by atoms with Crippen LogP contribution in [0.4, 0.5) is 0 Å². The SMILES string of the molecule is COc1ccc(-c2cc3ncn(C)c3c(OCC[C@H]3CNC(=O)C3)n2)cc1C#N. The van der Waals surface area contributed by atoms with Gasteiger partial charge in [-0.25, -0.2) is 9.97 Å². The maximum Gasteiger partial charge on any atom is 0.240 e. The monoisotopic (exact) mass is 391 g/mol. The number of imidazole rings is 1. The number of nitriles is 1. The average molecular weight is 391 g/mol. The van der Waals surface area contributed by atoms with Crippen LogP contribution in [-0.4, -0.2) is 40.7 Å². The minimum Gasteiger partial charge on any atom is -0.495 e. The molecule has 148 valence electrons. The first-order valence-corrected chi connectivity index (χ1v) is 9.39. The summed E-state index contributed by atoms with van der Waals surface area (Å²) in [5.74, 6) is 1.39. The van der Waals surface area contributed by atoms with E-state index in [1.165, 1.54) is 7.11 Å². The number of rotatable bonds is 6. The van der Waals surface area contributed by atoms with Gasteiger partial charge in [-0.1, -0.05) is 0 Å². The summed E-state index contributed by atoms with van der Waals surface area (Å²) >= 11 is 0. The number of pyridine rings is 1. The summed E-state index contributed by atoms with van der Waals surface area (Å²) in [5.41, 5.74) is 3.46. The number of aromatic nitrogens is 3. The van der Waals surface area contributed by atoms with E-state index in [-0.39, 0.29) is 11.8 Å². The molecule has 1 aromatic carbocycles. The number of fused-ring (bicyclic) bond motifs is 1. The Morgan fingerprint density at radius 1 is 1.38 bits per heavy atom. The molecule has 29 heavy (non-hydrogen) atoms. The second-order valence-electron chi connectivity index (χ2n) is 7.07. The molecule has 0 spiro atoms. The van der Waals surface area contributed by atoms with Crippen molar-refractivity contribution >= 4 is 16.9 Å². The largest absolute Gasteiger partial charge is 0.495 e. The minimum absolute atomic E-state index is 0.0944. The molecule has 0 bridgehead atoms. The normalized spacial score (nSPS) is 15.9. The fourth-order valence-electron chi connectivity index (χ4n) is 3.53. The van der Waals surface area contributed by atoms with Crippen LogP contribution in [0.25, 0.3) is 22.3 Å². The van der Waals surface area contributed by atoms with Gasteiger partial charge in [-0.3, -0.25) is 4.79 Å². The van der Waals surface area contributed by atoms with Gasteiger partial charge in [0, 0.05) is 25.6 Å². The Kier molecular flexibility index (Phi) is 5.04. The molecule has 0 saturated carbocycles. The number of carbonyl (C=O) groups excluding carboxylic acids is 1. The van der Waals surface area contributed by atoms with Crippen LogP contribution in [0.15, 0.2) is 30.6 Å². The predicted molar refractivity (Wildman–Crippen MR) is 106 cm³/mol. The molecule has 0 radical (unpaired) electrons. The van der Waals surface area contributed by atoms with Crippen molar-refractivity contribution in [1.29, 1.82) is 5.26 Å². The number of carbonyl (C=O) groups is 1. The molecule has 3 aromatic rings. The molecular weight excluding hydrogens is 370 g/mol. The Labute approximate surface area is 168 Å². The number of nitrogens with one attached hydrogen (secondary N) is 1. The third-order valence-electron chi connectivity index (χ3n) is 5.11. The van der Waals surface area contributed by atoms with Crippen molar-refractivity contribution in [3.8, 4) is 29.0 Å². The van der Waals surface area contributed by atoms with Gasteiger partial charge in [0.2, 0.25) is 11.8 Å². The molecule has 2 aromatic heterocycles. The van der Waals surface area contributed by atoms with Crippen LogP contribution >= 0.6 is 0 Å². The van der Waals surface area contributed by atoms with Gasteiger partial charge < -0.3 is 19.4 Å². The first-order valence-electron chi connectivity index (χ1n) is 9.39. The van der Waals surface area contributed by atoms with Crippen molar-refractivity contribution in [3.63, 3.8) is 0 Å². The standard InChI is InChI=1S/C21H21N5O3/c1-26-12-24-17-9-16(14-3-4-18(28-2)15(8-14)10-22)25-21(20(17)26)29-6-5-13-7-19(27)23-11-13/h3-4,8-9,12-13H,5-7,11H2,1-2H3,(H,23,27)/t13-/m1/s1. The lowest BCUT2D eigenvalue weighted by Gasteiger charge is -2.12. The smallest absolute Gasteiger partial charge is 0.240 e. The summed E-state index contributed by atoms with van der Waals surface area (Å²) in [7, 11) is 3.43. The molecule has 8 nitrogen and oxygen atoms in total. The maximum absolute atomic E-state index is 11.4. The number of hydrogen-bond donors (Lipinski definition) is 1. The number of methoxy groups -OCH3 is 1. The van der Waals surface area contributed by atoms with E-state index in [1.54, 1.807) is 18.5 Å². The molecule has 4 rings (SSSR count). The van der Waals surface area contributed by atoms with E-state index in [4.69, 9.17) is 14.5 Å². The third-order valence-corrected chi connectivity index (χ3v) is 5.11. The summed E-state index contributed by atoms with van der Waals surface area (Å²) in [6.07, 6.45) is 3.03. The number of ether oxygens (including phenoxy) is 2. The summed E-state index contributed by atoms with van der Waals surface area (Å²) in [6, 6.07) is 9.38. The number of hydrogen-bond acceptors (Lipinski definition) is 6. The molecule has 0 aliphatic carbocycles. The quantitative estimate of drug-likeness (QED) is 0.692. The molecule has 1 atom stereocenters. The van der Waals surface area contributed by atoms with Crippen LogP contribution in [0.5, 0.6) is 11.6 Å². The maximum atomic E-state index is 11.4. The van der Waals surface area contributed by atoms with Crippen molar-refractivity contribution in [2.75, 3.05) is 20.3 Å². The second kappa shape index (κ2) is 7.80. The topological polar surface area (TPSA) is 102 Å². The van der Waals surface area contributed by atoms with Gasteiger partial charge in [0.05, 0.1) is 36.8 Å². The van der Waals surface area contributed by atoms with Crippen molar-refractivity contribution in [2.45, 2.75) is 12.8 Å². The number of amides is 1. The Bertz CT molecular complexity index is 1120. The molecule has 1 N–H and O–H groups in total. The fourth-order valence-corrected chi connectivity index (χ4v) is 3.53. The van der Waals surface area contributed by atoms with Crippen LogP contribution in [-0.2, 0) is 11.8 Å². The van der Waals surface area contributed by atoms with E-state index in [0.29, 0.717) is 42.5 Å². The molecule has 0 unspecified atom stereocenters.